The molecule has 0 aromatic rings. The zero-order valence-corrected chi connectivity index (χ0v) is 9.06. The van der Waals surface area contributed by atoms with E-state index in [1.54, 1.807) is 0 Å². The van der Waals surface area contributed by atoms with E-state index >= 15 is 0 Å². The third-order valence-corrected chi connectivity index (χ3v) is 2.16. The maximum absolute atomic E-state index is 4.72. The van der Waals surface area contributed by atoms with Crippen LogP contribution in [0, 0.1) is 13.3 Å². The number of hydrogen-bond donors (Lipinski definition) is 0. The summed E-state index contributed by atoms with van der Waals surface area (Å²) in [5, 5.41) is 0. The average Bonchev–Trinajstić information content (AvgIpc) is 2.05. The molecule has 0 saturated heterocycles. The Morgan fingerprint density at radius 1 is 1.08 bits per heavy atom. The van der Waals surface area contributed by atoms with Crippen LogP contribution < -0.4 is 0 Å². The smallest absolute Gasteiger partial charge is 0.0466 e. The Bertz CT molecular complexity index is 55.2. The zero-order valence-electron chi connectivity index (χ0n) is 9.06. The third kappa shape index (κ3) is 12.0. The monoisotopic (exact) mass is 184 g/mol. The normalized spacial score (nSPS) is 18.0. The Morgan fingerprint density at radius 3 is 2.00 bits per heavy atom. The van der Waals surface area contributed by atoms with E-state index < -0.39 is 0 Å². The van der Waals surface area contributed by atoms with Crippen LogP contribution in [0.25, 0.3) is 0 Å². The molecule has 0 heterocycles. The van der Waals surface area contributed by atoms with Crippen molar-refractivity contribution in [2.75, 3.05) is 13.2 Å². The molecule has 1 aliphatic rings. The summed E-state index contributed by atoms with van der Waals surface area (Å²) in [4.78, 5) is 0. The first kappa shape index (κ1) is 13.0. The van der Waals surface area contributed by atoms with E-state index in [2.05, 4.69) is 13.3 Å². The topological polar surface area (TPSA) is 9.23 Å². The van der Waals surface area contributed by atoms with Crippen molar-refractivity contribution in [3.05, 3.63) is 13.3 Å². The fraction of sp³-hybridized carbons (Fsp3) is 0.833. The second kappa shape index (κ2) is 12.0. The van der Waals surface area contributed by atoms with Gasteiger partial charge in [0.05, 0.1) is 0 Å². The predicted molar refractivity (Wildman–Crippen MR) is 58.5 cm³/mol. The summed E-state index contributed by atoms with van der Waals surface area (Å²) in [5.41, 5.74) is 0. The van der Waals surface area contributed by atoms with Crippen molar-refractivity contribution >= 4 is 0 Å². The van der Waals surface area contributed by atoms with Gasteiger partial charge in [-0.1, -0.05) is 44.9 Å². The average molecular weight is 184 g/mol. The summed E-state index contributed by atoms with van der Waals surface area (Å²) in [6, 6.07) is 0. The Morgan fingerprint density at radius 2 is 1.62 bits per heavy atom. The summed E-state index contributed by atoms with van der Waals surface area (Å²) in [7, 11) is 0. The zero-order chi connectivity index (χ0) is 9.78. The van der Waals surface area contributed by atoms with Gasteiger partial charge in [0, 0.05) is 13.2 Å². The fourth-order valence-electron chi connectivity index (χ4n) is 1.40. The quantitative estimate of drug-likeness (QED) is 0.634. The van der Waals surface area contributed by atoms with E-state index in [9.17, 15) is 0 Å². The molecule has 1 nitrogen and oxygen atoms in total. The van der Waals surface area contributed by atoms with Gasteiger partial charge in [0.15, 0.2) is 0 Å². The molecule has 1 saturated carbocycles. The second-order valence-electron chi connectivity index (χ2n) is 3.33. The summed E-state index contributed by atoms with van der Waals surface area (Å²) < 4.78 is 4.72. The molecule has 0 bridgehead atoms. The standard InChI is InChI=1S/C8H15.C4H9O/c1-2-4-6-8-7-5-3-1;1-3-5-4-2/h1H,2-8H2;1,3-4H2,2H3. The summed E-state index contributed by atoms with van der Waals surface area (Å²) in [6.07, 6.45) is 12.5. The van der Waals surface area contributed by atoms with Crippen LogP contribution in [-0.4, -0.2) is 13.2 Å². The van der Waals surface area contributed by atoms with Crippen LogP contribution >= 0.6 is 0 Å². The lowest BCUT2D eigenvalue weighted by Gasteiger charge is -2.05. The molecule has 13 heavy (non-hydrogen) atoms. The van der Waals surface area contributed by atoms with Crippen molar-refractivity contribution < 1.29 is 4.74 Å². The van der Waals surface area contributed by atoms with Crippen molar-refractivity contribution in [3.63, 3.8) is 0 Å². The van der Waals surface area contributed by atoms with Crippen LogP contribution in [0.5, 0.6) is 0 Å². The maximum Gasteiger partial charge on any atom is 0.0466 e. The van der Waals surface area contributed by atoms with Gasteiger partial charge in [-0.25, -0.2) is 0 Å². The highest BCUT2D eigenvalue weighted by Gasteiger charge is 1.95. The van der Waals surface area contributed by atoms with E-state index in [0.717, 1.165) is 6.61 Å². The summed E-state index contributed by atoms with van der Waals surface area (Å²) in [5.74, 6) is 0. The highest BCUT2D eigenvalue weighted by atomic mass is 16.5. The Labute approximate surface area is 83.9 Å². The Hall–Kier alpha value is -0.0400. The van der Waals surface area contributed by atoms with Gasteiger partial charge < -0.3 is 4.74 Å². The van der Waals surface area contributed by atoms with Crippen LogP contribution in [0.2, 0.25) is 0 Å². The first-order chi connectivity index (χ1) is 6.41. The first-order valence-corrected chi connectivity index (χ1v) is 5.60. The van der Waals surface area contributed by atoms with Crippen molar-refractivity contribution in [2.45, 2.75) is 51.9 Å². The molecule has 2 radical (unpaired) electrons. The lowest BCUT2D eigenvalue weighted by Crippen LogP contribution is -1.86. The molecular weight excluding hydrogens is 160 g/mol. The third-order valence-electron chi connectivity index (χ3n) is 2.16. The molecule has 1 aliphatic carbocycles. The van der Waals surface area contributed by atoms with Crippen molar-refractivity contribution in [1.29, 1.82) is 0 Å². The molecule has 0 unspecified atom stereocenters. The van der Waals surface area contributed by atoms with Gasteiger partial charge in [0.25, 0.3) is 0 Å². The molecule has 0 N–H and O–H groups in total. The van der Waals surface area contributed by atoms with E-state index in [-0.39, 0.29) is 0 Å². The molecule has 1 fully saturated rings. The van der Waals surface area contributed by atoms with E-state index in [4.69, 9.17) is 4.74 Å². The van der Waals surface area contributed by atoms with Gasteiger partial charge in [-0.05, 0) is 20.3 Å². The van der Waals surface area contributed by atoms with Crippen LogP contribution in [0.4, 0.5) is 0 Å². The van der Waals surface area contributed by atoms with Gasteiger partial charge >= 0.3 is 0 Å². The highest BCUT2D eigenvalue weighted by Crippen LogP contribution is 2.14. The lowest BCUT2D eigenvalue weighted by molar-refractivity contribution is 0.176. The SMILES string of the molecule is [CH2]COCC.[CH]1CCCCCCC1. The van der Waals surface area contributed by atoms with Gasteiger partial charge in [-0.2, -0.15) is 0 Å². The van der Waals surface area contributed by atoms with Gasteiger partial charge in [-0.15, -0.1) is 0 Å². The minimum Gasteiger partial charge on any atom is -0.382 e. The molecule has 0 aliphatic heterocycles. The Kier molecular flexibility index (Phi) is 11.9. The Balaban J connectivity index is 0.000000252. The fourth-order valence-corrected chi connectivity index (χ4v) is 1.40. The minimum absolute atomic E-state index is 0.594. The molecule has 0 aromatic carbocycles. The van der Waals surface area contributed by atoms with Crippen LogP contribution in [0.1, 0.15) is 51.9 Å². The lowest BCUT2D eigenvalue weighted by atomic mass is 10.0. The number of ether oxygens (including phenoxy) is 1. The van der Waals surface area contributed by atoms with Crippen molar-refractivity contribution in [1.82, 2.24) is 0 Å². The maximum atomic E-state index is 4.72. The van der Waals surface area contributed by atoms with Crippen molar-refractivity contribution in [3.8, 4) is 0 Å². The molecule has 1 heteroatoms. The van der Waals surface area contributed by atoms with Gasteiger partial charge in [-0.3, -0.25) is 0 Å². The first-order valence-electron chi connectivity index (χ1n) is 5.60. The summed E-state index contributed by atoms with van der Waals surface area (Å²) in [6.45, 7) is 6.78. The summed E-state index contributed by atoms with van der Waals surface area (Å²) >= 11 is 0. The number of rotatable bonds is 2. The largest absolute Gasteiger partial charge is 0.382 e. The van der Waals surface area contributed by atoms with Crippen LogP contribution in [-0.2, 0) is 4.74 Å². The van der Waals surface area contributed by atoms with E-state index in [1.807, 2.05) is 6.92 Å². The van der Waals surface area contributed by atoms with Crippen molar-refractivity contribution in [2.24, 2.45) is 0 Å². The molecule has 0 spiro atoms. The molecule has 78 valence electrons. The molecule has 0 amide bonds. The molecular formula is C12H24O. The molecule has 0 aromatic heterocycles. The van der Waals surface area contributed by atoms with Gasteiger partial charge in [0.2, 0.25) is 0 Å². The minimum atomic E-state index is 0.594. The van der Waals surface area contributed by atoms with Gasteiger partial charge in [0.1, 0.15) is 0 Å². The highest BCUT2D eigenvalue weighted by molar-refractivity contribution is 4.66. The van der Waals surface area contributed by atoms with E-state index in [1.165, 1.54) is 44.9 Å². The molecule has 0 atom stereocenters. The van der Waals surface area contributed by atoms with E-state index in [0.29, 0.717) is 6.61 Å². The number of hydrogen-bond acceptors (Lipinski definition) is 1. The second-order valence-corrected chi connectivity index (χ2v) is 3.33. The van der Waals surface area contributed by atoms with Crippen LogP contribution in [0.3, 0.4) is 0 Å². The van der Waals surface area contributed by atoms with Crippen LogP contribution in [0.15, 0.2) is 0 Å². The molecule has 1 rings (SSSR count). The predicted octanol–water partition coefficient (Wildman–Crippen LogP) is 3.79.